The minimum Gasteiger partial charge on any atom is -0.387 e. The standard InChI is InChI=1S/C47H44O6/c1-44(2)51-41-42(48)45(53-43(41)52-44,33-49-46(35-21-9-3-10-22-35,36-23-11-4-12-24-36)37-25-13-5-14-26-37)34-50-47(38-27-15-6-16-28-38,39-29-17-7-18-30-39)40-31-19-8-20-32-40/h3-32,41-43,48H,33-34H2,1-2H3/t41-,42+,43+/m1/s1. The van der Waals surface area contributed by atoms with Crippen molar-refractivity contribution in [3.8, 4) is 0 Å². The zero-order chi connectivity index (χ0) is 36.4. The van der Waals surface area contributed by atoms with Crippen LogP contribution in [0.15, 0.2) is 182 Å². The van der Waals surface area contributed by atoms with E-state index in [2.05, 4.69) is 72.8 Å². The summed E-state index contributed by atoms with van der Waals surface area (Å²) in [7, 11) is 0. The maximum Gasteiger partial charge on any atom is 0.190 e. The van der Waals surface area contributed by atoms with Gasteiger partial charge in [-0.3, -0.25) is 0 Å². The van der Waals surface area contributed by atoms with E-state index in [1.165, 1.54) is 0 Å². The molecule has 6 aromatic rings. The summed E-state index contributed by atoms with van der Waals surface area (Å²) in [4.78, 5) is 0. The van der Waals surface area contributed by atoms with Crippen molar-refractivity contribution in [3.63, 3.8) is 0 Å². The van der Waals surface area contributed by atoms with E-state index in [4.69, 9.17) is 23.7 Å². The molecule has 2 saturated heterocycles. The average Bonchev–Trinajstić information content (AvgIpc) is 3.65. The van der Waals surface area contributed by atoms with Crippen LogP contribution in [0, 0.1) is 0 Å². The molecule has 268 valence electrons. The number of aliphatic hydroxyl groups excluding tert-OH is 1. The van der Waals surface area contributed by atoms with Crippen LogP contribution in [0.25, 0.3) is 0 Å². The Morgan fingerprint density at radius 2 is 0.736 bits per heavy atom. The topological polar surface area (TPSA) is 66.4 Å². The highest BCUT2D eigenvalue weighted by atomic mass is 16.8. The molecule has 8 rings (SSSR count). The fourth-order valence-electron chi connectivity index (χ4n) is 7.94. The fraction of sp³-hybridized carbons (Fsp3) is 0.234. The van der Waals surface area contributed by atoms with E-state index in [-0.39, 0.29) is 13.2 Å². The number of hydrogen-bond donors (Lipinski definition) is 1. The monoisotopic (exact) mass is 704 g/mol. The number of aliphatic hydroxyl groups is 1. The normalized spacial score (nSPS) is 20.5. The highest BCUT2D eigenvalue weighted by Crippen LogP contribution is 2.48. The van der Waals surface area contributed by atoms with Crippen LogP contribution in [-0.2, 0) is 34.9 Å². The Morgan fingerprint density at radius 3 is 1.00 bits per heavy atom. The number of hydrogen-bond acceptors (Lipinski definition) is 6. The maximum absolute atomic E-state index is 12.5. The third-order valence-electron chi connectivity index (χ3n) is 10.4. The van der Waals surface area contributed by atoms with Crippen molar-refractivity contribution in [2.45, 2.75) is 54.9 Å². The molecule has 0 spiro atoms. The lowest BCUT2D eigenvalue weighted by molar-refractivity contribution is -0.267. The van der Waals surface area contributed by atoms with E-state index in [0.717, 1.165) is 33.4 Å². The molecule has 53 heavy (non-hydrogen) atoms. The molecule has 2 aliphatic heterocycles. The van der Waals surface area contributed by atoms with Gasteiger partial charge >= 0.3 is 0 Å². The quantitative estimate of drug-likeness (QED) is 0.129. The molecular weight excluding hydrogens is 661 g/mol. The Labute approximate surface area is 311 Å². The maximum atomic E-state index is 12.5. The van der Waals surface area contributed by atoms with Crippen molar-refractivity contribution in [2.75, 3.05) is 13.2 Å². The summed E-state index contributed by atoms with van der Waals surface area (Å²) in [6, 6.07) is 61.0. The Hall–Kier alpha value is -4.92. The van der Waals surface area contributed by atoms with Crippen LogP contribution in [0.3, 0.4) is 0 Å². The van der Waals surface area contributed by atoms with Gasteiger partial charge in [0.05, 0.1) is 13.2 Å². The number of rotatable bonds is 12. The first kappa shape index (κ1) is 35.1. The van der Waals surface area contributed by atoms with Gasteiger partial charge in [0.15, 0.2) is 12.1 Å². The lowest BCUT2D eigenvalue weighted by atomic mass is 9.79. The number of benzene rings is 6. The second kappa shape index (κ2) is 14.5. The molecule has 0 aromatic heterocycles. The average molecular weight is 705 g/mol. The Morgan fingerprint density at radius 1 is 0.453 bits per heavy atom. The van der Waals surface area contributed by atoms with Crippen molar-refractivity contribution in [1.82, 2.24) is 0 Å². The molecule has 6 heteroatoms. The van der Waals surface area contributed by atoms with E-state index < -0.39 is 41.1 Å². The number of fused-ring (bicyclic) bond motifs is 1. The largest absolute Gasteiger partial charge is 0.387 e. The second-order valence-electron chi connectivity index (χ2n) is 14.2. The fourth-order valence-corrected chi connectivity index (χ4v) is 7.94. The van der Waals surface area contributed by atoms with E-state index in [1.54, 1.807) is 0 Å². The highest BCUT2D eigenvalue weighted by molar-refractivity contribution is 5.49. The lowest BCUT2D eigenvalue weighted by Gasteiger charge is -2.43. The molecule has 0 amide bonds. The van der Waals surface area contributed by atoms with Gasteiger partial charge in [0, 0.05) is 0 Å². The van der Waals surface area contributed by atoms with E-state index >= 15 is 0 Å². The van der Waals surface area contributed by atoms with Gasteiger partial charge < -0.3 is 28.8 Å². The Kier molecular flexibility index (Phi) is 9.60. The molecule has 3 atom stereocenters. The van der Waals surface area contributed by atoms with Crippen molar-refractivity contribution in [3.05, 3.63) is 215 Å². The van der Waals surface area contributed by atoms with Gasteiger partial charge in [0.2, 0.25) is 0 Å². The van der Waals surface area contributed by atoms with Crippen molar-refractivity contribution < 1.29 is 28.8 Å². The highest BCUT2D eigenvalue weighted by Gasteiger charge is 2.63. The Bertz CT molecular complexity index is 1730. The summed E-state index contributed by atoms with van der Waals surface area (Å²) in [5.74, 6) is -0.937. The van der Waals surface area contributed by atoms with Gasteiger partial charge in [0.25, 0.3) is 0 Å². The van der Waals surface area contributed by atoms with Gasteiger partial charge in [-0.25, -0.2) is 0 Å². The van der Waals surface area contributed by atoms with Crippen molar-refractivity contribution in [1.29, 1.82) is 0 Å². The van der Waals surface area contributed by atoms with Crippen LogP contribution < -0.4 is 0 Å². The molecule has 2 fully saturated rings. The molecule has 6 nitrogen and oxygen atoms in total. The molecule has 0 saturated carbocycles. The molecule has 0 unspecified atom stereocenters. The lowest BCUT2D eigenvalue weighted by Crippen LogP contribution is -2.55. The summed E-state index contributed by atoms with van der Waals surface area (Å²) in [6.45, 7) is 3.52. The first-order valence-corrected chi connectivity index (χ1v) is 18.2. The van der Waals surface area contributed by atoms with Gasteiger partial charge in [0.1, 0.15) is 29.0 Å². The van der Waals surface area contributed by atoms with Gasteiger partial charge in [-0.05, 0) is 47.2 Å². The van der Waals surface area contributed by atoms with Crippen LogP contribution in [-0.4, -0.2) is 48.2 Å². The van der Waals surface area contributed by atoms with E-state index in [0.29, 0.717) is 0 Å². The SMILES string of the molecule is CC1(C)O[C@H]2OC(COC(c3ccccc3)(c3ccccc3)c3ccccc3)(COC(c3ccccc3)(c3ccccc3)c3ccccc3)[C@@H](O)[C@H]2O1. The first-order chi connectivity index (χ1) is 25.9. The van der Waals surface area contributed by atoms with Gasteiger partial charge in [-0.15, -0.1) is 0 Å². The third-order valence-corrected chi connectivity index (χ3v) is 10.4. The van der Waals surface area contributed by atoms with Crippen LogP contribution in [0.2, 0.25) is 0 Å². The van der Waals surface area contributed by atoms with Gasteiger partial charge in [-0.1, -0.05) is 182 Å². The summed E-state index contributed by atoms with van der Waals surface area (Å²) >= 11 is 0. The summed E-state index contributed by atoms with van der Waals surface area (Å²) in [5.41, 5.74) is 2.01. The molecule has 1 N–H and O–H groups in total. The first-order valence-electron chi connectivity index (χ1n) is 18.2. The van der Waals surface area contributed by atoms with Gasteiger partial charge in [-0.2, -0.15) is 0 Å². The van der Waals surface area contributed by atoms with Crippen molar-refractivity contribution >= 4 is 0 Å². The van der Waals surface area contributed by atoms with Crippen LogP contribution in [0.5, 0.6) is 0 Å². The molecular formula is C47H44O6. The van der Waals surface area contributed by atoms with Crippen LogP contribution in [0.1, 0.15) is 47.2 Å². The summed E-state index contributed by atoms with van der Waals surface area (Å²) in [5, 5.41) is 12.5. The van der Waals surface area contributed by atoms with Crippen molar-refractivity contribution in [2.24, 2.45) is 0 Å². The van der Waals surface area contributed by atoms with Crippen LogP contribution >= 0.6 is 0 Å². The summed E-state index contributed by atoms with van der Waals surface area (Å²) in [6.07, 6.45) is -2.78. The van der Waals surface area contributed by atoms with Crippen LogP contribution in [0.4, 0.5) is 0 Å². The zero-order valence-electron chi connectivity index (χ0n) is 30.0. The predicted octanol–water partition coefficient (Wildman–Crippen LogP) is 8.61. The summed E-state index contributed by atoms with van der Waals surface area (Å²) < 4.78 is 34.2. The molecule has 2 aliphatic rings. The molecule has 0 radical (unpaired) electrons. The third kappa shape index (κ3) is 6.42. The van der Waals surface area contributed by atoms with E-state index in [1.807, 2.05) is 123 Å². The number of ether oxygens (including phenoxy) is 5. The predicted molar refractivity (Wildman–Crippen MR) is 204 cm³/mol. The molecule has 6 aromatic carbocycles. The molecule has 0 aliphatic carbocycles. The smallest absolute Gasteiger partial charge is 0.190 e. The minimum absolute atomic E-state index is 0.0680. The molecule has 0 bridgehead atoms. The molecule has 2 heterocycles. The second-order valence-corrected chi connectivity index (χ2v) is 14.2. The Balaban J connectivity index is 1.27. The minimum atomic E-state index is -1.43. The van der Waals surface area contributed by atoms with E-state index in [9.17, 15) is 5.11 Å². The zero-order valence-corrected chi connectivity index (χ0v) is 30.0.